The predicted molar refractivity (Wildman–Crippen MR) is 78.0 cm³/mol. The molecule has 1 heterocycles. The molecule has 0 saturated heterocycles. The van der Waals surface area contributed by atoms with Gasteiger partial charge in [-0.15, -0.1) is 0 Å². The summed E-state index contributed by atoms with van der Waals surface area (Å²) in [5, 5.41) is 13.6. The van der Waals surface area contributed by atoms with Crippen LogP contribution in [0.2, 0.25) is 0 Å². The fourth-order valence-corrected chi connectivity index (χ4v) is 2.79. The van der Waals surface area contributed by atoms with E-state index in [4.69, 9.17) is 4.74 Å². The Morgan fingerprint density at radius 2 is 2.27 bits per heavy atom. The molecule has 1 aliphatic rings. The quantitative estimate of drug-likeness (QED) is 0.807. The van der Waals surface area contributed by atoms with E-state index < -0.39 is 11.4 Å². The maximum absolute atomic E-state index is 11.9. The summed E-state index contributed by atoms with van der Waals surface area (Å²) >= 11 is 0. The molecule has 0 bridgehead atoms. The molecular formula is C16H16N4O2. The summed E-state index contributed by atoms with van der Waals surface area (Å²) in [6.07, 6.45) is 5.78. The van der Waals surface area contributed by atoms with Crippen LogP contribution in [0.4, 0.5) is 0 Å². The van der Waals surface area contributed by atoms with Gasteiger partial charge < -0.3 is 4.74 Å². The first kappa shape index (κ1) is 14.3. The minimum atomic E-state index is -0.471. The molecule has 3 rings (SSSR count). The standard InChI is InChI=1S/C16H16N4O2/c1-22-15(21)13-5-12(8-20-11-18-10-19-20)6-14(7-13)16(9-17)3-2-4-16/h5-7,10-11H,2-4,8H2,1H3. The van der Waals surface area contributed by atoms with Crippen LogP contribution in [0.25, 0.3) is 0 Å². The summed E-state index contributed by atoms with van der Waals surface area (Å²) in [6.45, 7) is 0.499. The molecule has 0 unspecified atom stereocenters. The topological polar surface area (TPSA) is 80.8 Å². The molecule has 1 aliphatic carbocycles. The third-order valence-corrected chi connectivity index (χ3v) is 4.20. The number of carbonyl (C=O) groups excluding carboxylic acids is 1. The van der Waals surface area contributed by atoms with Crippen LogP contribution in [-0.2, 0) is 16.7 Å². The molecule has 6 nitrogen and oxygen atoms in total. The van der Waals surface area contributed by atoms with Gasteiger partial charge in [-0.3, -0.25) is 0 Å². The van der Waals surface area contributed by atoms with E-state index in [-0.39, 0.29) is 0 Å². The monoisotopic (exact) mass is 296 g/mol. The molecule has 0 atom stereocenters. The molecule has 1 saturated carbocycles. The molecule has 1 fully saturated rings. The summed E-state index contributed by atoms with van der Waals surface area (Å²) in [6, 6.07) is 7.95. The molecule has 6 heteroatoms. The van der Waals surface area contributed by atoms with E-state index in [1.54, 1.807) is 23.1 Å². The van der Waals surface area contributed by atoms with Gasteiger partial charge in [-0.05, 0) is 42.5 Å². The Balaban J connectivity index is 2.02. The van der Waals surface area contributed by atoms with Crippen LogP contribution >= 0.6 is 0 Å². The van der Waals surface area contributed by atoms with E-state index in [0.29, 0.717) is 12.1 Å². The summed E-state index contributed by atoms with van der Waals surface area (Å²) in [7, 11) is 1.36. The van der Waals surface area contributed by atoms with Crippen LogP contribution in [-0.4, -0.2) is 27.8 Å². The second-order valence-electron chi connectivity index (χ2n) is 5.55. The first-order valence-electron chi connectivity index (χ1n) is 7.13. The Kier molecular flexibility index (Phi) is 3.63. The second kappa shape index (κ2) is 5.60. The molecule has 1 aromatic carbocycles. The first-order valence-corrected chi connectivity index (χ1v) is 7.13. The predicted octanol–water partition coefficient (Wildman–Crippen LogP) is 2.06. The van der Waals surface area contributed by atoms with Gasteiger partial charge in [0.15, 0.2) is 0 Å². The Labute approximate surface area is 128 Å². The highest BCUT2D eigenvalue weighted by Gasteiger charge is 2.39. The van der Waals surface area contributed by atoms with Crippen molar-refractivity contribution in [3.05, 3.63) is 47.5 Å². The van der Waals surface area contributed by atoms with E-state index in [2.05, 4.69) is 16.2 Å². The van der Waals surface area contributed by atoms with Crippen molar-refractivity contribution in [2.75, 3.05) is 7.11 Å². The highest BCUT2D eigenvalue weighted by atomic mass is 16.5. The van der Waals surface area contributed by atoms with Crippen molar-refractivity contribution < 1.29 is 9.53 Å². The van der Waals surface area contributed by atoms with E-state index in [1.807, 2.05) is 6.07 Å². The van der Waals surface area contributed by atoms with Crippen molar-refractivity contribution in [2.24, 2.45) is 0 Å². The van der Waals surface area contributed by atoms with Gasteiger partial charge in [0.05, 0.1) is 30.7 Å². The number of nitriles is 1. The van der Waals surface area contributed by atoms with E-state index in [0.717, 1.165) is 30.4 Å². The molecule has 0 amide bonds. The maximum Gasteiger partial charge on any atom is 0.337 e. The molecule has 1 aromatic heterocycles. The van der Waals surface area contributed by atoms with Gasteiger partial charge >= 0.3 is 5.97 Å². The molecule has 0 spiro atoms. The number of methoxy groups -OCH3 is 1. The van der Waals surface area contributed by atoms with Gasteiger partial charge in [0, 0.05) is 0 Å². The lowest BCUT2D eigenvalue weighted by atomic mass is 9.65. The van der Waals surface area contributed by atoms with Gasteiger partial charge in [0.1, 0.15) is 12.7 Å². The van der Waals surface area contributed by atoms with Crippen molar-refractivity contribution in [2.45, 2.75) is 31.2 Å². The Morgan fingerprint density at radius 1 is 1.45 bits per heavy atom. The number of hydrogen-bond acceptors (Lipinski definition) is 5. The van der Waals surface area contributed by atoms with Gasteiger partial charge in [-0.1, -0.05) is 6.07 Å². The number of esters is 1. The average molecular weight is 296 g/mol. The minimum Gasteiger partial charge on any atom is -0.465 e. The lowest BCUT2D eigenvalue weighted by Gasteiger charge is -2.36. The molecule has 112 valence electrons. The van der Waals surface area contributed by atoms with Crippen LogP contribution in [0.1, 0.15) is 40.7 Å². The first-order chi connectivity index (χ1) is 10.7. The highest BCUT2D eigenvalue weighted by molar-refractivity contribution is 5.90. The lowest BCUT2D eigenvalue weighted by molar-refractivity contribution is 0.0600. The number of nitrogens with zero attached hydrogens (tertiary/aromatic N) is 4. The van der Waals surface area contributed by atoms with Crippen LogP contribution in [0.5, 0.6) is 0 Å². The third-order valence-electron chi connectivity index (χ3n) is 4.20. The smallest absolute Gasteiger partial charge is 0.337 e. The summed E-state index contributed by atoms with van der Waals surface area (Å²) in [4.78, 5) is 15.8. The van der Waals surface area contributed by atoms with Gasteiger partial charge in [0.25, 0.3) is 0 Å². The molecular weight excluding hydrogens is 280 g/mol. The SMILES string of the molecule is COC(=O)c1cc(Cn2cncn2)cc(C2(C#N)CCC2)c1. The Bertz CT molecular complexity index is 727. The molecule has 22 heavy (non-hydrogen) atoms. The van der Waals surface area contributed by atoms with Crippen LogP contribution in [0.3, 0.4) is 0 Å². The summed E-state index contributed by atoms with van der Waals surface area (Å²) < 4.78 is 6.50. The molecule has 0 N–H and O–H groups in total. The van der Waals surface area contributed by atoms with Gasteiger partial charge in [0.2, 0.25) is 0 Å². The average Bonchev–Trinajstić information content (AvgIpc) is 2.98. The normalized spacial score (nSPS) is 15.6. The second-order valence-corrected chi connectivity index (χ2v) is 5.55. The molecule has 2 aromatic rings. The zero-order chi connectivity index (χ0) is 15.6. The Hall–Kier alpha value is -2.68. The molecule has 0 aliphatic heterocycles. The number of ether oxygens (including phenoxy) is 1. The van der Waals surface area contributed by atoms with Gasteiger partial charge in [-0.25, -0.2) is 14.5 Å². The van der Waals surface area contributed by atoms with E-state index >= 15 is 0 Å². The van der Waals surface area contributed by atoms with Crippen LogP contribution in [0, 0.1) is 11.3 Å². The number of benzene rings is 1. The summed E-state index contributed by atoms with van der Waals surface area (Å²) in [5.74, 6) is -0.394. The maximum atomic E-state index is 11.9. The van der Waals surface area contributed by atoms with E-state index in [9.17, 15) is 10.1 Å². The summed E-state index contributed by atoms with van der Waals surface area (Å²) in [5.41, 5.74) is 1.79. The van der Waals surface area contributed by atoms with Crippen LogP contribution < -0.4 is 0 Å². The fourth-order valence-electron chi connectivity index (χ4n) is 2.79. The Morgan fingerprint density at radius 3 is 2.82 bits per heavy atom. The van der Waals surface area contributed by atoms with Crippen molar-refractivity contribution in [3.8, 4) is 6.07 Å². The number of carbonyl (C=O) groups is 1. The zero-order valence-corrected chi connectivity index (χ0v) is 12.3. The van der Waals surface area contributed by atoms with Crippen molar-refractivity contribution in [1.29, 1.82) is 5.26 Å². The van der Waals surface area contributed by atoms with Gasteiger partial charge in [-0.2, -0.15) is 10.4 Å². The van der Waals surface area contributed by atoms with Crippen molar-refractivity contribution >= 4 is 5.97 Å². The largest absolute Gasteiger partial charge is 0.465 e. The van der Waals surface area contributed by atoms with Crippen molar-refractivity contribution in [1.82, 2.24) is 14.8 Å². The van der Waals surface area contributed by atoms with Crippen molar-refractivity contribution in [3.63, 3.8) is 0 Å². The number of aromatic nitrogens is 3. The fraction of sp³-hybridized carbons (Fsp3) is 0.375. The third kappa shape index (κ3) is 2.46. The van der Waals surface area contributed by atoms with Crippen LogP contribution in [0.15, 0.2) is 30.9 Å². The highest BCUT2D eigenvalue weighted by Crippen LogP contribution is 2.43. The zero-order valence-electron chi connectivity index (χ0n) is 12.3. The van der Waals surface area contributed by atoms with E-state index in [1.165, 1.54) is 13.4 Å². The minimum absolute atomic E-state index is 0.394. The number of rotatable bonds is 4. The lowest BCUT2D eigenvalue weighted by Crippen LogP contribution is -2.32. The molecule has 0 radical (unpaired) electrons. The number of hydrogen-bond donors (Lipinski definition) is 0.